The highest BCUT2D eigenvalue weighted by Gasteiger charge is 2.43. The first-order valence-electron chi connectivity index (χ1n) is 7.50. The van der Waals surface area contributed by atoms with Gasteiger partial charge in [0.2, 0.25) is 0 Å². The minimum Gasteiger partial charge on any atom is -0.313 e. The predicted molar refractivity (Wildman–Crippen MR) is 104 cm³/mol. The molecule has 7 N–H and O–H groups in total. The molecule has 1 aliphatic carbocycles. The van der Waals surface area contributed by atoms with E-state index >= 15 is 0 Å². The van der Waals surface area contributed by atoms with Crippen molar-refractivity contribution in [1.29, 1.82) is 0 Å². The van der Waals surface area contributed by atoms with Crippen molar-refractivity contribution in [2.45, 2.75) is 42.5 Å². The Bertz CT molecular complexity index is 506. The quantitative estimate of drug-likeness (QED) is 0.208. The molecule has 5 atom stereocenters. The molecule has 0 aromatic heterocycles. The SMILES string of the molecule is CSC1NC2NC3C(Cl)CCCC3CN2N1.O=P(O)(O)Cl.O=P(O)(O)Cl. The Morgan fingerprint density at radius 3 is 2.12 bits per heavy atom. The molecule has 0 bridgehead atoms. The average Bonchev–Trinajstić information content (AvgIpc) is 2.84. The molecule has 1 saturated carbocycles. The fraction of sp³-hybridized carbons (Fsp3) is 1.00. The van der Waals surface area contributed by atoms with Crippen molar-refractivity contribution in [3.05, 3.63) is 0 Å². The number of halogens is 3. The molecule has 16 heteroatoms. The molecule has 156 valence electrons. The molecular formula is C10H23Cl3N4O6P2S. The van der Waals surface area contributed by atoms with E-state index in [-0.39, 0.29) is 6.29 Å². The van der Waals surface area contributed by atoms with Gasteiger partial charge in [-0.15, -0.1) is 23.4 Å². The highest BCUT2D eigenvalue weighted by atomic mass is 35.7. The van der Waals surface area contributed by atoms with Crippen molar-refractivity contribution in [3.8, 4) is 0 Å². The van der Waals surface area contributed by atoms with Gasteiger partial charge in [-0.25, -0.2) is 19.6 Å². The van der Waals surface area contributed by atoms with Gasteiger partial charge in [0.25, 0.3) is 0 Å². The van der Waals surface area contributed by atoms with Crippen LogP contribution in [0.1, 0.15) is 19.3 Å². The van der Waals surface area contributed by atoms with E-state index in [1.165, 1.54) is 12.8 Å². The van der Waals surface area contributed by atoms with Crippen LogP contribution in [0.3, 0.4) is 0 Å². The summed E-state index contributed by atoms with van der Waals surface area (Å²) in [4.78, 5) is 29.6. The van der Waals surface area contributed by atoms with Crippen molar-refractivity contribution in [3.63, 3.8) is 0 Å². The number of rotatable bonds is 1. The van der Waals surface area contributed by atoms with Crippen LogP contribution < -0.4 is 16.1 Å². The van der Waals surface area contributed by atoms with Crippen LogP contribution in [0.25, 0.3) is 0 Å². The van der Waals surface area contributed by atoms with Crippen LogP contribution in [0.2, 0.25) is 0 Å². The standard InChI is InChI=1S/C10H19ClN4S.2ClH2O3P/c1-16-10-13-9-12-8-6(5-15(9)14-10)3-2-4-7(8)11;2*1-5(2,3)4/h6-10,12-14H,2-5H2,1H3;2*(H2,2,3,4). The number of nitrogens with one attached hydrogen (secondary N) is 3. The highest BCUT2D eigenvalue weighted by Crippen LogP contribution is 2.40. The van der Waals surface area contributed by atoms with Crippen molar-refractivity contribution in [2.24, 2.45) is 5.92 Å². The molecule has 26 heavy (non-hydrogen) atoms. The second-order valence-corrected chi connectivity index (χ2v) is 11.8. The Kier molecular flexibility index (Phi) is 10.7. The Hall–Kier alpha value is 1.36. The maximum Gasteiger partial charge on any atom is 0.419 e. The molecule has 10 nitrogen and oxygen atoms in total. The van der Waals surface area contributed by atoms with Crippen LogP contribution in [0, 0.1) is 5.92 Å². The molecule has 0 aromatic carbocycles. The fourth-order valence-electron chi connectivity index (χ4n) is 3.02. The molecule has 3 aliphatic rings. The third-order valence-corrected chi connectivity index (χ3v) is 5.08. The second-order valence-electron chi connectivity index (χ2n) is 5.81. The van der Waals surface area contributed by atoms with Gasteiger partial charge in [0, 0.05) is 40.4 Å². The number of alkyl halides is 1. The number of thioether (sulfide) groups is 1. The maximum absolute atomic E-state index is 9.09. The van der Waals surface area contributed by atoms with Crippen LogP contribution in [0.5, 0.6) is 0 Å². The van der Waals surface area contributed by atoms with Gasteiger partial charge in [-0.3, -0.25) is 10.6 Å². The average molecular weight is 496 g/mol. The lowest BCUT2D eigenvalue weighted by atomic mass is 9.83. The smallest absolute Gasteiger partial charge is 0.313 e. The van der Waals surface area contributed by atoms with Crippen LogP contribution in [-0.2, 0) is 9.13 Å². The number of nitrogens with zero attached hydrogens (tertiary/aromatic N) is 1. The number of hydrogen-bond acceptors (Lipinski definition) is 7. The van der Waals surface area contributed by atoms with Crippen molar-refractivity contribution < 1.29 is 28.7 Å². The molecular weight excluding hydrogens is 473 g/mol. The molecule has 2 heterocycles. The van der Waals surface area contributed by atoms with Gasteiger partial charge in [0.1, 0.15) is 11.8 Å². The third kappa shape index (κ3) is 10.8. The molecule has 0 aromatic rings. The van der Waals surface area contributed by atoms with E-state index in [1.54, 1.807) is 11.8 Å². The summed E-state index contributed by atoms with van der Waals surface area (Å²) in [5.74, 6) is 0.697. The summed E-state index contributed by atoms with van der Waals surface area (Å²) in [6, 6.07) is 0.478. The van der Waals surface area contributed by atoms with E-state index in [0.717, 1.165) is 13.0 Å². The minimum absolute atomic E-state index is 0.248. The molecule has 5 unspecified atom stereocenters. The van der Waals surface area contributed by atoms with E-state index in [2.05, 4.69) is 49.8 Å². The molecule has 2 aliphatic heterocycles. The number of hydrazine groups is 1. The monoisotopic (exact) mass is 494 g/mol. The van der Waals surface area contributed by atoms with Crippen LogP contribution in [-0.4, -0.2) is 60.6 Å². The van der Waals surface area contributed by atoms with Crippen LogP contribution in [0.4, 0.5) is 0 Å². The van der Waals surface area contributed by atoms with E-state index < -0.39 is 13.9 Å². The summed E-state index contributed by atoms with van der Waals surface area (Å²) in [6.45, 7) is -7.23. The molecule has 2 saturated heterocycles. The van der Waals surface area contributed by atoms with Crippen molar-refractivity contribution in [2.75, 3.05) is 12.8 Å². The van der Waals surface area contributed by atoms with E-state index in [1.807, 2.05) is 0 Å². The molecule has 0 amide bonds. The first-order valence-corrected chi connectivity index (χ1v) is 14.3. The van der Waals surface area contributed by atoms with Gasteiger partial charge in [-0.2, -0.15) is 0 Å². The zero-order valence-electron chi connectivity index (χ0n) is 13.7. The lowest BCUT2D eigenvalue weighted by Crippen LogP contribution is -2.65. The van der Waals surface area contributed by atoms with Gasteiger partial charge < -0.3 is 19.6 Å². The van der Waals surface area contributed by atoms with Crippen LogP contribution in [0.15, 0.2) is 0 Å². The zero-order valence-corrected chi connectivity index (χ0v) is 18.6. The minimum atomic E-state index is -4.17. The van der Waals surface area contributed by atoms with Gasteiger partial charge in [0.05, 0.1) is 0 Å². The van der Waals surface area contributed by atoms with Gasteiger partial charge in [-0.05, 0) is 25.0 Å². The molecule has 0 spiro atoms. The number of hydrogen-bond donors (Lipinski definition) is 7. The van der Waals surface area contributed by atoms with Gasteiger partial charge >= 0.3 is 13.9 Å². The summed E-state index contributed by atoms with van der Waals surface area (Å²) in [5, 5.41) is 9.73. The Morgan fingerprint density at radius 2 is 1.62 bits per heavy atom. The molecule has 3 fully saturated rings. The van der Waals surface area contributed by atoms with E-state index in [9.17, 15) is 0 Å². The lowest BCUT2D eigenvalue weighted by molar-refractivity contribution is 0.0350. The van der Waals surface area contributed by atoms with Crippen molar-refractivity contribution >= 4 is 59.7 Å². The molecule has 0 radical (unpaired) electrons. The Morgan fingerprint density at radius 1 is 1.08 bits per heavy atom. The second kappa shape index (κ2) is 10.9. The fourth-order valence-corrected chi connectivity index (χ4v) is 3.96. The van der Waals surface area contributed by atoms with Crippen molar-refractivity contribution in [1.82, 2.24) is 21.1 Å². The predicted octanol–water partition coefficient (Wildman–Crippen LogP) is 1.34. The Labute approximate surface area is 170 Å². The van der Waals surface area contributed by atoms with Gasteiger partial charge in [-0.1, -0.05) is 6.42 Å². The Balaban J connectivity index is 0.000000284. The summed E-state index contributed by atoms with van der Waals surface area (Å²) in [5.41, 5.74) is 3.80. The number of fused-ring (bicyclic) bond motifs is 2. The summed E-state index contributed by atoms with van der Waals surface area (Å²) in [7, 11) is 0. The third-order valence-electron chi connectivity index (χ3n) is 3.87. The summed E-state index contributed by atoms with van der Waals surface area (Å²) < 4.78 is 18.2. The zero-order chi connectivity index (χ0) is 20.1. The maximum atomic E-state index is 9.09. The summed E-state index contributed by atoms with van der Waals surface area (Å²) in [6.07, 6.45) is 6.09. The molecule has 3 rings (SSSR count). The van der Waals surface area contributed by atoms with Gasteiger partial charge in [0.15, 0.2) is 0 Å². The van der Waals surface area contributed by atoms with E-state index in [0.29, 0.717) is 22.8 Å². The lowest BCUT2D eigenvalue weighted by Gasteiger charge is -2.45. The topological polar surface area (TPSA) is 154 Å². The van der Waals surface area contributed by atoms with Crippen LogP contribution >= 0.6 is 59.7 Å². The first kappa shape index (κ1) is 25.4. The first-order chi connectivity index (χ1) is 11.8. The largest absolute Gasteiger partial charge is 0.419 e. The normalized spacial score (nSPS) is 34.5. The summed E-state index contributed by atoms with van der Waals surface area (Å²) >= 11 is 16.6. The van der Waals surface area contributed by atoms with E-state index in [4.69, 9.17) is 40.3 Å². The highest BCUT2D eigenvalue weighted by molar-refractivity contribution is 7.99.